The minimum absolute atomic E-state index is 0.333. The summed E-state index contributed by atoms with van der Waals surface area (Å²) in [6.45, 7) is 1.50. The van der Waals surface area contributed by atoms with Crippen LogP contribution in [-0.4, -0.2) is 36.1 Å². The van der Waals surface area contributed by atoms with Gasteiger partial charge in [0.25, 0.3) is 0 Å². The molecule has 1 aliphatic carbocycles. The largest absolute Gasteiger partial charge is 0.481 e. The predicted octanol–water partition coefficient (Wildman–Crippen LogP) is 0.331. The van der Waals surface area contributed by atoms with Crippen molar-refractivity contribution in [3.8, 4) is 0 Å². The van der Waals surface area contributed by atoms with Gasteiger partial charge in [-0.3, -0.25) is 9.59 Å². The zero-order valence-corrected chi connectivity index (χ0v) is 10.4. The Morgan fingerprint density at radius 1 is 1.28 bits per heavy atom. The number of carbonyl (C=O) groups excluding carboxylic acids is 2. The highest BCUT2D eigenvalue weighted by molar-refractivity contribution is 5.88. The van der Waals surface area contributed by atoms with Gasteiger partial charge in [0, 0.05) is 0 Å². The number of nitrogens with one attached hydrogen (secondary N) is 1. The first kappa shape index (κ1) is 14.2. The van der Waals surface area contributed by atoms with Crippen LogP contribution < -0.4 is 5.32 Å². The van der Waals surface area contributed by atoms with Crippen molar-refractivity contribution in [1.82, 2.24) is 5.32 Å². The summed E-state index contributed by atoms with van der Waals surface area (Å²) < 4.78 is 4.49. The van der Waals surface area contributed by atoms with Gasteiger partial charge in [-0.05, 0) is 19.8 Å². The summed E-state index contributed by atoms with van der Waals surface area (Å²) in [6, 6.07) is -0.775. The van der Waals surface area contributed by atoms with Gasteiger partial charge in [-0.2, -0.15) is 0 Å². The molecule has 3 atom stereocenters. The molecule has 6 nitrogen and oxygen atoms in total. The van der Waals surface area contributed by atoms with Gasteiger partial charge in [0.1, 0.15) is 6.04 Å². The monoisotopic (exact) mass is 255 g/mol. The van der Waals surface area contributed by atoms with Gasteiger partial charge in [-0.25, -0.2) is 4.79 Å². The number of hydrogen-bond acceptors (Lipinski definition) is 4. The molecule has 0 spiro atoms. The van der Waals surface area contributed by atoms with Crippen LogP contribution in [-0.2, 0) is 19.1 Å². The molecular formula is C12H17NO5. The van der Waals surface area contributed by atoms with Gasteiger partial charge in [0.15, 0.2) is 0 Å². The van der Waals surface area contributed by atoms with Crippen molar-refractivity contribution in [1.29, 1.82) is 0 Å². The summed E-state index contributed by atoms with van der Waals surface area (Å²) in [4.78, 5) is 34.1. The predicted molar refractivity (Wildman–Crippen MR) is 62.6 cm³/mol. The molecule has 0 aliphatic heterocycles. The Balaban J connectivity index is 2.67. The van der Waals surface area contributed by atoms with E-state index in [1.165, 1.54) is 14.0 Å². The molecule has 0 heterocycles. The van der Waals surface area contributed by atoms with Gasteiger partial charge >= 0.3 is 11.9 Å². The maximum Gasteiger partial charge on any atom is 0.328 e. The molecule has 18 heavy (non-hydrogen) atoms. The van der Waals surface area contributed by atoms with E-state index >= 15 is 0 Å². The molecule has 0 saturated carbocycles. The van der Waals surface area contributed by atoms with Crippen molar-refractivity contribution < 1.29 is 24.2 Å². The SMILES string of the molecule is COC(=O)[C@H](C)NC(=O)C1CC=CCC1C(=O)O. The standard InChI is InChI=1S/C12H17NO5/c1-7(12(17)18-2)13-10(14)8-5-3-4-6-9(8)11(15)16/h3-4,7-9H,5-6H2,1-2H3,(H,13,14)(H,15,16)/t7-,8?,9?/m0/s1. The topological polar surface area (TPSA) is 92.7 Å². The molecule has 0 aromatic rings. The molecule has 1 amide bonds. The van der Waals surface area contributed by atoms with Crippen LogP contribution in [0.5, 0.6) is 0 Å². The van der Waals surface area contributed by atoms with E-state index in [4.69, 9.17) is 5.11 Å². The number of carboxylic acid groups (broad SMARTS) is 1. The Labute approximate surface area is 105 Å². The minimum atomic E-state index is -0.995. The molecular weight excluding hydrogens is 238 g/mol. The second-order valence-corrected chi connectivity index (χ2v) is 4.25. The fourth-order valence-corrected chi connectivity index (χ4v) is 1.93. The lowest BCUT2D eigenvalue weighted by Gasteiger charge is -2.25. The maximum absolute atomic E-state index is 11.9. The number of esters is 1. The summed E-state index contributed by atoms with van der Waals surface area (Å²) in [7, 11) is 1.23. The highest BCUT2D eigenvalue weighted by atomic mass is 16.5. The summed E-state index contributed by atoms with van der Waals surface area (Å²) in [6.07, 6.45) is 4.25. The average Bonchev–Trinajstić information content (AvgIpc) is 2.37. The highest BCUT2D eigenvalue weighted by Crippen LogP contribution is 2.26. The normalized spacial score (nSPS) is 24.1. The number of methoxy groups -OCH3 is 1. The van der Waals surface area contributed by atoms with E-state index in [-0.39, 0.29) is 0 Å². The van der Waals surface area contributed by atoms with E-state index in [9.17, 15) is 14.4 Å². The zero-order chi connectivity index (χ0) is 13.7. The smallest absolute Gasteiger partial charge is 0.328 e. The Morgan fingerprint density at radius 2 is 1.83 bits per heavy atom. The van der Waals surface area contributed by atoms with Crippen LogP contribution in [0.2, 0.25) is 0 Å². The van der Waals surface area contributed by atoms with E-state index < -0.39 is 35.7 Å². The Kier molecular flexibility index (Phi) is 4.88. The Morgan fingerprint density at radius 3 is 2.33 bits per heavy atom. The van der Waals surface area contributed by atoms with Crippen LogP contribution in [0, 0.1) is 11.8 Å². The van der Waals surface area contributed by atoms with Crippen LogP contribution in [0.15, 0.2) is 12.2 Å². The molecule has 0 bridgehead atoms. The van der Waals surface area contributed by atoms with E-state index in [1.807, 2.05) is 0 Å². The van der Waals surface area contributed by atoms with Gasteiger partial charge in [-0.1, -0.05) is 12.2 Å². The summed E-state index contributed by atoms with van der Waals surface area (Å²) in [5, 5.41) is 11.5. The molecule has 1 aliphatic rings. The van der Waals surface area contributed by atoms with Gasteiger partial charge in [-0.15, -0.1) is 0 Å². The lowest BCUT2D eigenvalue weighted by atomic mass is 9.82. The lowest BCUT2D eigenvalue weighted by Crippen LogP contribution is -2.45. The second-order valence-electron chi connectivity index (χ2n) is 4.25. The van der Waals surface area contributed by atoms with Crippen LogP contribution in [0.25, 0.3) is 0 Å². The summed E-state index contributed by atoms with van der Waals surface area (Å²) in [5.74, 6) is -3.35. The van der Waals surface area contributed by atoms with Crippen molar-refractivity contribution in [3.63, 3.8) is 0 Å². The van der Waals surface area contributed by atoms with Crippen LogP contribution in [0.3, 0.4) is 0 Å². The molecule has 2 unspecified atom stereocenters. The quantitative estimate of drug-likeness (QED) is 0.558. The van der Waals surface area contributed by atoms with Crippen molar-refractivity contribution in [3.05, 3.63) is 12.2 Å². The van der Waals surface area contributed by atoms with E-state index in [0.717, 1.165) is 0 Å². The number of ether oxygens (including phenoxy) is 1. The Hall–Kier alpha value is -1.85. The van der Waals surface area contributed by atoms with Gasteiger partial charge in [0.2, 0.25) is 5.91 Å². The van der Waals surface area contributed by atoms with Gasteiger partial charge in [0.05, 0.1) is 18.9 Å². The number of amides is 1. The first-order valence-electron chi connectivity index (χ1n) is 5.73. The molecule has 0 aromatic heterocycles. The first-order valence-corrected chi connectivity index (χ1v) is 5.73. The fourth-order valence-electron chi connectivity index (χ4n) is 1.93. The summed E-state index contributed by atoms with van der Waals surface area (Å²) >= 11 is 0. The average molecular weight is 255 g/mol. The highest BCUT2D eigenvalue weighted by Gasteiger charge is 2.34. The summed E-state index contributed by atoms with van der Waals surface area (Å²) in [5.41, 5.74) is 0. The van der Waals surface area contributed by atoms with Crippen molar-refractivity contribution in [2.24, 2.45) is 11.8 Å². The maximum atomic E-state index is 11.9. The molecule has 100 valence electrons. The van der Waals surface area contributed by atoms with Crippen LogP contribution in [0.4, 0.5) is 0 Å². The van der Waals surface area contributed by atoms with Crippen LogP contribution >= 0.6 is 0 Å². The number of carbonyl (C=O) groups is 3. The van der Waals surface area contributed by atoms with E-state index in [0.29, 0.717) is 12.8 Å². The van der Waals surface area contributed by atoms with Crippen LogP contribution in [0.1, 0.15) is 19.8 Å². The number of allylic oxidation sites excluding steroid dienone is 2. The van der Waals surface area contributed by atoms with E-state index in [1.54, 1.807) is 12.2 Å². The third-order valence-corrected chi connectivity index (χ3v) is 3.00. The second kappa shape index (κ2) is 6.18. The molecule has 0 radical (unpaired) electrons. The number of carboxylic acids is 1. The minimum Gasteiger partial charge on any atom is -0.481 e. The zero-order valence-electron chi connectivity index (χ0n) is 10.4. The lowest BCUT2D eigenvalue weighted by molar-refractivity contribution is -0.149. The van der Waals surface area contributed by atoms with Gasteiger partial charge < -0.3 is 15.2 Å². The molecule has 1 rings (SSSR count). The fraction of sp³-hybridized carbons (Fsp3) is 0.583. The Bertz CT molecular complexity index is 377. The number of hydrogen-bond donors (Lipinski definition) is 2. The van der Waals surface area contributed by atoms with Crippen molar-refractivity contribution in [2.45, 2.75) is 25.8 Å². The van der Waals surface area contributed by atoms with Crippen molar-refractivity contribution >= 4 is 17.8 Å². The third-order valence-electron chi connectivity index (χ3n) is 3.00. The van der Waals surface area contributed by atoms with Crippen molar-refractivity contribution in [2.75, 3.05) is 7.11 Å². The van der Waals surface area contributed by atoms with E-state index in [2.05, 4.69) is 10.1 Å². The molecule has 0 saturated heterocycles. The third kappa shape index (κ3) is 3.32. The molecule has 6 heteroatoms. The molecule has 2 N–H and O–H groups in total. The molecule has 0 aromatic carbocycles. The molecule has 0 fully saturated rings. The first-order chi connectivity index (χ1) is 8.47. The number of rotatable bonds is 4. The number of aliphatic carboxylic acids is 1.